The number of imidazole rings is 1. The lowest BCUT2D eigenvalue weighted by atomic mass is 10.1. The second kappa shape index (κ2) is 10.9. The smallest absolute Gasteiger partial charge is 0.328 e. The summed E-state index contributed by atoms with van der Waals surface area (Å²) in [5, 5.41) is -0.0623. The number of rotatable bonds is 9. The van der Waals surface area contributed by atoms with Gasteiger partial charge in [0.05, 0.1) is 12.3 Å². The van der Waals surface area contributed by atoms with Crippen molar-refractivity contribution in [2.45, 2.75) is 141 Å². The normalized spacial score (nSPS) is 24.2. The number of aromatic nitrogens is 2. The number of aldehydes is 1. The van der Waals surface area contributed by atoms with Crippen LogP contribution in [0.1, 0.15) is 79.0 Å². The maximum absolute atomic E-state index is 13.0. The Morgan fingerprint density at radius 3 is 1.68 bits per heavy atom. The molecule has 38 heavy (non-hydrogen) atoms. The Balaban J connectivity index is 2.64. The number of nitrogens with zero attached hydrogens (tertiary/aromatic N) is 1. The quantitative estimate of drug-likeness (QED) is 0.256. The topological polar surface area (TPSA) is 91.8 Å². The predicted molar refractivity (Wildman–Crippen MR) is 162 cm³/mol. The van der Waals surface area contributed by atoms with Gasteiger partial charge in [-0.15, -0.1) is 0 Å². The summed E-state index contributed by atoms with van der Waals surface area (Å²) in [6, 6.07) is 0. The number of H-pyrrole nitrogens is 1. The van der Waals surface area contributed by atoms with Crippen LogP contribution in [0, 0.1) is 0 Å². The highest BCUT2D eigenvalue weighted by molar-refractivity contribution is 6.75. The van der Waals surface area contributed by atoms with Crippen molar-refractivity contribution in [3.05, 3.63) is 22.4 Å². The summed E-state index contributed by atoms with van der Waals surface area (Å²) >= 11 is 0. The monoisotopic (exact) mass is 586 g/mol. The molecule has 0 bridgehead atoms. The number of nitrogens with one attached hydrogen (secondary N) is 1. The number of aromatic amines is 1. The van der Waals surface area contributed by atoms with Gasteiger partial charge >= 0.3 is 5.69 Å². The third-order valence-corrected chi connectivity index (χ3v) is 22.8. The lowest BCUT2D eigenvalue weighted by molar-refractivity contribution is -0.0502. The molecule has 1 aromatic heterocycles. The molecular weight excluding hydrogens is 533 g/mol. The van der Waals surface area contributed by atoms with Gasteiger partial charge in [-0.2, -0.15) is 0 Å². The lowest BCUT2D eigenvalue weighted by Gasteiger charge is -2.44. The standard InChI is InChI=1S/C27H54N2O6Si3/c1-25(2,3)36(10,11)32-18-20-21(34-37(12,13)26(4,5)6)22(35-38(14,15)27(7,8)9)23(33-20)29-16-19(17-30)28-24(29)31/h16-17,20-23H,18H2,1-15H3,(H,28,31)/t20-,21-,22-,23-/m1/s1. The molecule has 2 rings (SSSR count). The Morgan fingerprint density at radius 1 is 0.842 bits per heavy atom. The average Bonchev–Trinajstić information content (AvgIpc) is 3.23. The molecule has 4 atom stereocenters. The number of hydrogen-bond donors (Lipinski definition) is 1. The van der Waals surface area contributed by atoms with Crippen molar-refractivity contribution < 1.29 is 22.8 Å². The summed E-state index contributed by atoms with van der Waals surface area (Å²) in [4.78, 5) is 27.1. The number of hydrogen-bond acceptors (Lipinski definition) is 6. The number of ether oxygens (including phenoxy) is 1. The largest absolute Gasteiger partial charge is 0.414 e. The van der Waals surface area contributed by atoms with Crippen molar-refractivity contribution in [3.8, 4) is 0 Å². The van der Waals surface area contributed by atoms with Crippen LogP contribution in [0.15, 0.2) is 11.0 Å². The third-order valence-electron chi connectivity index (χ3n) is 9.34. The molecule has 0 unspecified atom stereocenters. The molecule has 1 aliphatic heterocycles. The van der Waals surface area contributed by atoms with E-state index in [1.165, 1.54) is 10.8 Å². The van der Waals surface area contributed by atoms with Gasteiger partial charge in [-0.05, 0) is 54.4 Å². The van der Waals surface area contributed by atoms with Gasteiger partial charge in [-0.25, -0.2) is 4.79 Å². The fourth-order valence-electron chi connectivity index (χ4n) is 3.55. The van der Waals surface area contributed by atoms with Crippen LogP contribution >= 0.6 is 0 Å². The first-order chi connectivity index (χ1) is 16.8. The molecule has 0 amide bonds. The summed E-state index contributed by atoms with van der Waals surface area (Å²) in [6.07, 6.45) is 0.0110. The van der Waals surface area contributed by atoms with Crippen molar-refractivity contribution >= 4 is 31.2 Å². The van der Waals surface area contributed by atoms with E-state index in [0.717, 1.165) is 0 Å². The highest BCUT2D eigenvalue weighted by atomic mass is 28.4. The molecule has 0 aromatic carbocycles. The molecule has 2 heterocycles. The second-order valence-electron chi connectivity index (χ2n) is 15.4. The summed E-state index contributed by atoms with van der Waals surface area (Å²) in [6.45, 7) is 33.5. The Morgan fingerprint density at radius 2 is 1.29 bits per heavy atom. The molecule has 220 valence electrons. The molecule has 0 aliphatic carbocycles. The van der Waals surface area contributed by atoms with Crippen LogP contribution in [0.3, 0.4) is 0 Å². The van der Waals surface area contributed by atoms with E-state index in [-0.39, 0.29) is 20.8 Å². The van der Waals surface area contributed by atoms with Crippen LogP contribution in [-0.2, 0) is 18.0 Å². The van der Waals surface area contributed by atoms with E-state index in [1.807, 2.05) is 0 Å². The predicted octanol–water partition coefficient (Wildman–Crippen LogP) is 6.69. The third kappa shape index (κ3) is 7.08. The van der Waals surface area contributed by atoms with Gasteiger partial charge < -0.3 is 23.0 Å². The minimum Gasteiger partial charge on any atom is -0.414 e. The van der Waals surface area contributed by atoms with Crippen LogP contribution in [0.25, 0.3) is 0 Å². The molecule has 1 aromatic rings. The minimum atomic E-state index is -2.32. The highest BCUT2D eigenvalue weighted by Crippen LogP contribution is 2.46. The molecule has 0 radical (unpaired) electrons. The Kier molecular flexibility index (Phi) is 9.54. The molecule has 1 N–H and O–H groups in total. The average molecular weight is 587 g/mol. The molecule has 0 saturated carbocycles. The van der Waals surface area contributed by atoms with Crippen LogP contribution in [0.2, 0.25) is 54.4 Å². The zero-order valence-corrected chi connectivity index (χ0v) is 29.6. The lowest BCUT2D eigenvalue weighted by Crippen LogP contribution is -2.54. The fraction of sp³-hybridized carbons (Fsp3) is 0.852. The zero-order chi connectivity index (χ0) is 29.7. The summed E-state index contributed by atoms with van der Waals surface area (Å²) in [7, 11) is -6.68. The van der Waals surface area contributed by atoms with Gasteiger partial charge in [0.2, 0.25) is 0 Å². The zero-order valence-electron chi connectivity index (χ0n) is 26.6. The summed E-state index contributed by atoms with van der Waals surface area (Å²) in [5.74, 6) is 0. The Labute approximate surface area is 233 Å². The number of carbonyl (C=O) groups excluding carboxylic acids is 1. The van der Waals surface area contributed by atoms with Crippen molar-refractivity contribution in [3.63, 3.8) is 0 Å². The van der Waals surface area contributed by atoms with Gasteiger partial charge in [0.15, 0.2) is 37.5 Å². The van der Waals surface area contributed by atoms with Gasteiger partial charge in [0.25, 0.3) is 0 Å². The van der Waals surface area contributed by atoms with Crippen LogP contribution < -0.4 is 5.69 Å². The first-order valence-corrected chi connectivity index (χ1v) is 22.5. The van der Waals surface area contributed by atoms with Crippen LogP contribution in [0.5, 0.6) is 0 Å². The van der Waals surface area contributed by atoms with E-state index in [1.54, 1.807) is 0 Å². The van der Waals surface area contributed by atoms with E-state index in [4.69, 9.17) is 18.0 Å². The van der Waals surface area contributed by atoms with E-state index >= 15 is 0 Å². The van der Waals surface area contributed by atoms with E-state index < -0.39 is 55.2 Å². The Hall–Kier alpha value is -0.829. The number of carbonyl (C=O) groups is 1. The molecule has 11 heteroatoms. The van der Waals surface area contributed by atoms with Crippen molar-refractivity contribution in [1.82, 2.24) is 9.55 Å². The Bertz CT molecular complexity index is 1030. The highest BCUT2D eigenvalue weighted by Gasteiger charge is 2.55. The SMILES string of the molecule is CC(C)(C)[Si](C)(C)OC[C@H]1O[C@@H](n2cc(C=O)[nH]c2=O)[C@H](O[Si](C)(C)C(C)(C)C)[C@@H]1O[Si](C)(C)C(C)(C)C. The van der Waals surface area contributed by atoms with Crippen molar-refractivity contribution in [2.24, 2.45) is 0 Å². The maximum Gasteiger partial charge on any atom is 0.328 e. The van der Waals surface area contributed by atoms with Gasteiger partial charge in [0.1, 0.15) is 18.3 Å². The molecule has 1 fully saturated rings. The van der Waals surface area contributed by atoms with E-state index in [0.29, 0.717) is 12.9 Å². The minimum absolute atomic E-state index is 0.0347. The molecule has 8 nitrogen and oxygen atoms in total. The maximum atomic E-state index is 13.0. The molecule has 0 spiro atoms. The summed E-state index contributed by atoms with van der Waals surface area (Å²) < 4.78 is 28.9. The van der Waals surface area contributed by atoms with Crippen molar-refractivity contribution in [1.29, 1.82) is 0 Å². The van der Waals surface area contributed by atoms with Gasteiger partial charge in [-0.3, -0.25) is 9.36 Å². The van der Waals surface area contributed by atoms with Gasteiger partial charge in [-0.1, -0.05) is 62.3 Å². The van der Waals surface area contributed by atoms with E-state index in [2.05, 4.69) is 107 Å². The first-order valence-electron chi connectivity index (χ1n) is 13.8. The molecule has 1 aliphatic rings. The first kappa shape index (κ1) is 33.4. The fourth-order valence-corrected chi connectivity index (χ4v) is 7.17. The van der Waals surface area contributed by atoms with Crippen LogP contribution in [-0.4, -0.2) is 65.7 Å². The van der Waals surface area contributed by atoms with Crippen LogP contribution in [0.4, 0.5) is 0 Å². The molecule has 1 saturated heterocycles. The van der Waals surface area contributed by atoms with Crippen molar-refractivity contribution in [2.75, 3.05) is 6.61 Å². The van der Waals surface area contributed by atoms with Gasteiger partial charge in [0, 0.05) is 6.20 Å². The van der Waals surface area contributed by atoms with E-state index in [9.17, 15) is 9.59 Å². The summed E-state index contributed by atoms with van der Waals surface area (Å²) in [5.41, 5.74) is -0.203. The second-order valence-corrected chi connectivity index (χ2v) is 29.7. The molecular formula is C27H54N2O6Si3.